The molecule has 2 bridgehead atoms. The number of ether oxygens (including phenoxy) is 1. The lowest BCUT2D eigenvalue weighted by Crippen LogP contribution is -2.58. The van der Waals surface area contributed by atoms with E-state index in [1.165, 1.54) is 10.6 Å². The third kappa shape index (κ3) is 5.41. The highest BCUT2D eigenvalue weighted by atomic mass is 35.5. The van der Waals surface area contributed by atoms with Gasteiger partial charge in [0.25, 0.3) is 0 Å². The molecular formula is C32H31ClF5N5O3S. The summed E-state index contributed by atoms with van der Waals surface area (Å²) in [5.74, 6) is -2.32. The van der Waals surface area contributed by atoms with E-state index in [0.717, 1.165) is 30.3 Å². The molecule has 1 amide bonds. The zero-order valence-electron chi connectivity index (χ0n) is 25.5. The molecular weight excluding hydrogens is 665 g/mol. The summed E-state index contributed by atoms with van der Waals surface area (Å²) >= 11 is 7.09. The number of aromatic nitrogens is 2. The van der Waals surface area contributed by atoms with E-state index < -0.39 is 51.3 Å². The molecule has 0 N–H and O–H groups in total. The van der Waals surface area contributed by atoms with E-state index >= 15 is 4.39 Å². The highest BCUT2D eigenvalue weighted by Gasteiger charge is 2.43. The number of halogens is 6. The van der Waals surface area contributed by atoms with Gasteiger partial charge in [-0.15, -0.1) is 11.8 Å². The normalized spacial score (nSPS) is 26.0. The van der Waals surface area contributed by atoms with Crippen LogP contribution < -0.4 is 10.6 Å². The van der Waals surface area contributed by atoms with Crippen LogP contribution in [0.15, 0.2) is 40.5 Å². The Morgan fingerprint density at radius 2 is 1.87 bits per heavy atom. The molecule has 7 rings (SSSR count). The van der Waals surface area contributed by atoms with Gasteiger partial charge in [0, 0.05) is 77.5 Å². The lowest BCUT2D eigenvalue weighted by Gasteiger charge is -2.45. The van der Waals surface area contributed by atoms with E-state index in [-0.39, 0.29) is 70.6 Å². The van der Waals surface area contributed by atoms with Crippen molar-refractivity contribution in [3.05, 3.63) is 63.6 Å². The van der Waals surface area contributed by atoms with Crippen molar-refractivity contribution in [2.45, 2.75) is 61.6 Å². The average Bonchev–Trinajstić information content (AvgIpc) is 3.63. The van der Waals surface area contributed by atoms with Crippen molar-refractivity contribution in [2.24, 2.45) is 0 Å². The number of thioether (sulfide) groups is 1. The van der Waals surface area contributed by atoms with Gasteiger partial charge < -0.3 is 14.5 Å². The summed E-state index contributed by atoms with van der Waals surface area (Å²) in [5, 5.41) is -0.454. The predicted molar refractivity (Wildman–Crippen MR) is 169 cm³/mol. The molecule has 5 atom stereocenters. The number of amides is 1. The number of hydrogen-bond donors (Lipinski definition) is 0. The number of nitrogens with zero attached hydrogens (tertiary/aromatic N) is 5. The van der Waals surface area contributed by atoms with Gasteiger partial charge in [-0.2, -0.15) is 18.2 Å². The highest BCUT2D eigenvalue weighted by Crippen LogP contribution is 2.51. The minimum atomic E-state index is -4.96. The van der Waals surface area contributed by atoms with E-state index in [1.807, 2.05) is 13.8 Å². The Labute approximate surface area is 276 Å². The van der Waals surface area contributed by atoms with Gasteiger partial charge in [-0.1, -0.05) is 18.2 Å². The molecule has 0 saturated carbocycles. The Bertz CT molecular complexity index is 1860. The molecule has 3 fully saturated rings. The Kier molecular flexibility index (Phi) is 8.08. The van der Waals surface area contributed by atoms with Crippen molar-refractivity contribution in [1.82, 2.24) is 19.4 Å². The Morgan fingerprint density at radius 3 is 2.49 bits per heavy atom. The number of carbonyl (C=O) groups excluding carboxylic acids is 1. The second-order valence-electron chi connectivity index (χ2n) is 12.7. The Hall–Kier alpha value is -3.20. The molecule has 0 unspecified atom stereocenters. The van der Waals surface area contributed by atoms with Gasteiger partial charge in [-0.3, -0.25) is 14.3 Å². The quantitative estimate of drug-likeness (QED) is 0.192. The highest BCUT2D eigenvalue weighted by molar-refractivity contribution is 7.99. The third-order valence-electron chi connectivity index (χ3n) is 9.62. The maximum Gasteiger partial charge on any atom is 0.417 e. The van der Waals surface area contributed by atoms with Crippen LogP contribution in [0.2, 0.25) is 5.02 Å². The van der Waals surface area contributed by atoms with Gasteiger partial charge in [-0.05, 0) is 38.5 Å². The van der Waals surface area contributed by atoms with Crippen LogP contribution in [0, 0.1) is 11.6 Å². The summed E-state index contributed by atoms with van der Waals surface area (Å²) in [6.07, 6.45) is -2.78. The van der Waals surface area contributed by atoms with Gasteiger partial charge in [0.1, 0.15) is 17.5 Å². The van der Waals surface area contributed by atoms with Crippen LogP contribution in [-0.4, -0.2) is 88.0 Å². The van der Waals surface area contributed by atoms with Gasteiger partial charge in [0.05, 0.1) is 34.9 Å². The summed E-state index contributed by atoms with van der Waals surface area (Å²) in [5.41, 5.74) is -2.62. The van der Waals surface area contributed by atoms with Crippen LogP contribution in [0.25, 0.3) is 22.0 Å². The van der Waals surface area contributed by atoms with E-state index in [2.05, 4.69) is 16.5 Å². The zero-order chi connectivity index (χ0) is 33.5. The molecule has 1 aromatic heterocycles. The molecule has 5 heterocycles. The smallest absolute Gasteiger partial charge is 0.375 e. The molecule has 15 heteroatoms. The number of likely N-dealkylation sites (tertiary alicyclic amines) is 1. The molecule has 4 aliphatic rings. The third-order valence-corrected chi connectivity index (χ3v) is 11.1. The second kappa shape index (κ2) is 11.7. The fraction of sp³-hybridized carbons (Fsp3) is 0.469. The predicted octanol–water partition coefficient (Wildman–Crippen LogP) is 5.75. The standard InChI is InChI=1S/C32H31ClF5N5O3S/c1-4-26(44)42-15(2)9-41(10-16(42)3)30-21-6-22(32(36,37)38)27(20-7-23(33)25(35)8-24(20)34)29-28(21)43(31(45)39-30)18(14-47-29)11-40-12-19-5-17(40)13-46-19/h4,6-8,15-19H,1,5,9-14H2,2-3H3/t15-,16+,17-,18-,19-/m0/s1. The Balaban J connectivity index is 1.47. The van der Waals surface area contributed by atoms with Gasteiger partial charge >= 0.3 is 11.9 Å². The number of fused-ring (bicyclic) bond motifs is 2. The number of alkyl halides is 3. The first-order valence-electron chi connectivity index (χ1n) is 15.3. The zero-order valence-corrected chi connectivity index (χ0v) is 27.1. The second-order valence-corrected chi connectivity index (χ2v) is 14.1. The van der Waals surface area contributed by atoms with E-state index in [9.17, 15) is 27.2 Å². The molecule has 0 spiro atoms. The van der Waals surface area contributed by atoms with Crippen molar-refractivity contribution in [3.63, 3.8) is 0 Å². The maximum atomic E-state index is 15.4. The van der Waals surface area contributed by atoms with Crippen molar-refractivity contribution < 1.29 is 31.5 Å². The number of carbonyl (C=O) groups is 1. The van der Waals surface area contributed by atoms with Crippen LogP contribution in [0.4, 0.5) is 27.8 Å². The van der Waals surface area contributed by atoms with Gasteiger partial charge in [-0.25, -0.2) is 13.6 Å². The van der Waals surface area contributed by atoms with Gasteiger partial charge in [0.2, 0.25) is 5.91 Å². The SMILES string of the molecule is C=CC(=O)N1[C@H](C)CN(c2nc(=O)n3c4c(c(-c5cc(Cl)c(F)cc5F)c(C(F)(F)F)cc24)SC[C@@H]3CN2C[C@@H]3C[C@H]2CO3)C[C@@H]1C. The molecule has 47 heavy (non-hydrogen) atoms. The molecule has 0 aliphatic carbocycles. The van der Waals surface area contributed by atoms with E-state index in [4.69, 9.17) is 16.3 Å². The number of morpholine rings is 1. The van der Waals surface area contributed by atoms with E-state index in [1.54, 1.807) is 9.80 Å². The van der Waals surface area contributed by atoms with E-state index in [0.29, 0.717) is 25.8 Å². The first kappa shape index (κ1) is 32.4. The van der Waals surface area contributed by atoms with Crippen molar-refractivity contribution >= 4 is 46.0 Å². The fourth-order valence-electron chi connectivity index (χ4n) is 7.68. The fourth-order valence-corrected chi connectivity index (χ4v) is 9.17. The number of benzene rings is 2. The first-order valence-corrected chi connectivity index (χ1v) is 16.7. The summed E-state index contributed by atoms with van der Waals surface area (Å²) in [4.78, 5) is 36.7. The minimum Gasteiger partial charge on any atom is -0.375 e. The maximum absolute atomic E-state index is 15.4. The minimum absolute atomic E-state index is 0.0428. The topological polar surface area (TPSA) is 70.9 Å². The summed E-state index contributed by atoms with van der Waals surface area (Å²) in [7, 11) is 0. The van der Waals surface area contributed by atoms with Crippen molar-refractivity contribution in [2.75, 3.05) is 43.4 Å². The average molecular weight is 696 g/mol. The summed E-state index contributed by atoms with van der Waals surface area (Å²) in [6, 6.07) is 1.22. The van der Waals surface area contributed by atoms with Gasteiger partial charge in [0.15, 0.2) is 0 Å². The van der Waals surface area contributed by atoms with Crippen LogP contribution >= 0.6 is 23.4 Å². The molecule has 4 aliphatic heterocycles. The molecule has 0 radical (unpaired) electrons. The Morgan fingerprint density at radius 1 is 1.15 bits per heavy atom. The van der Waals surface area contributed by atoms with Crippen LogP contribution in [0.3, 0.4) is 0 Å². The lowest BCUT2D eigenvalue weighted by atomic mass is 9.95. The monoisotopic (exact) mass is 695 g/mol. The number of anilines is 1. The molecule has 8 nitrogen and oxygen atoms in total. The first-order chi connectivity index (χ1) is 22.3. The van der Waals surface area contributed by atoms with Crippen LogP contribution in [0.5, 0.6) is 0 Å². The summed E-state index contributed by atoms with van der Waals surface area (Å²) in [6.45, 7) is 9.29. The largest absolute Gasteiger partial charge is 0.417 e. The number of hydrogen-bond acceptors (Lipinski definition) is 7. The van der Waals surface area contributed by atoms with Crippen molar-refractivity contribution in [1.29, 1.82) is 0 Å². The molecule has 3 aromatic rings. The van der Waals surface area contributed by atoms with Crippen LogP contribution in [0.1, 0.15) is 31.9 Å². The molecule has 3 saturated heterocycles. The van der Waals surface area contributed by atoms with Crippen molar-refractivity contribution in [3.8, 4) is 11.1 Å². The number of piperazine rings is 1. The molecule has 2 aromatic carbocycles. The summed E-state index contributed by atoms with van der Waals surface area (Å²) < 4.78 is 81.7. The number of rotatable bonds is 5. The lowest BCUT2D eigenvalue weighted by molar-refractivity contribution is -0.137. The molecule has 250 valence electrons. The van der Waals surface area contributed by atoms with Crippen LogP contribution in [-0.2, 0) is 15.7 Å².